The van der Waals surface area contributed by atoms with Crippen molar-refractivity contribution >= 4 is 36.2 Å². The van der Waals surface area contributed by atoms with E-state index < -0.39 is 41.9 Å². The maximum absolute atomic E-state index is 12.7. The van der Waals surface area contributed by atoms with Crippen LogP contribution in [-0.2, 0) is 4.79 Å². The standard InChI is InChI=1S/C16H27BN6O6S/c1-10(2)8-13(17(26)27)21-15(25)12(20-14(24)11-5-7-30-9-11)4-3-6-19-16(18)22-23(28)29/h5,7,9-10,12-13,26-27H,3-4,6,8H2,1-2H3,(H,20,24)(H,21,25)(H3,18,19,22)/t12-,13-/m0/s1. The summed E-state index contributed by atoms with van der Waals surface area (Å²) < 4.78 is 0. The molecule has 1 rings (SSSR count). The fraction of sp³-hybridized carbons (Fsp3) is 0.562. The fourth-order valence-corrected chi connectivity index (χ4v) is 3.24. The lowest BCUT2D eigenvalue weighted by atomic mass is 9.75. The van der Waals surface area contributed by atoms with Gasteiger partial charge in [-0.05, 0) is 36.6 Å². The summed E-state index contributed by atoms with van der Waals surface area (Å²) in [5, 5.41) is 46.8. The largest absolute Gasteiger partial charge is 0.475 e. The Morgan fingerprint density at radius 2 is 2.03 bits per heavy atom. The lowest BCUT2D eigenvalue weighted by Gasteiger charge is -2.24. The van der Waals surface area contributed by atoms with E-state index in [0.29, 0.717) is 18.4 Å². The van der Waals surface area contributed by atoms with E-state index in [-0.39, 0.29) is 18.9 Å². The van der Waals surface area contributed by atoms with Gasteiger partial charge in [-0.25, -0.2) is 10.1 Å². The van der Waals surface area contributed by atoms with Crippen LogP contribution in [0, 0.1) is 21.4 Å². The average Bonchev–Trinajstić information content (AvgIpc) is 3.17. The molecule has 0 aliphatic rings. The van der Waals surface area contributed by atoms with Gasteiger partial charge in [0, 0.05) is 11.9 Å². The molecule has 0 spiro atoms. The quantitative estimate of drug-likeness (QED) is 0.0561. The van der Waals surface area contributed by atoms with Crippen molar-refractivity contribution in [2.45, 2.75) is 45.1 Å². The van der Waals surface area contributed by atoms with Gasteiger partial charge in [0.15, 0.2) is 5.03 Å². The molecule has 2 amide bonds. The predicted octanol–water partition coefficient (Wildman–Crippen LogP) is -0.525. The number of thiophene rings is 1. The van der Waals surface area contributed by atoms with Gasteiger partial charge in [0.05, 0.1) is 11.5 Å². The molecule has 0 fully saturated rings. The Labute approximate surface area is 178 Å². The van der Waals surface area contributed by atoms with Crippen molar-refractivity contribution in [1.82, 2.24) is 21.4 Å². The number of amides is 2. The number of nitrogens with zero attached hydrogens (tertiary/aromatic N) is 1. The number of carbonyl (C=O) groups is 2. The molecular formula is C16H27BN6O6S. The first-order chi connectivity index (χ1) is 14.1. The van der Waals surface area contributed by atoms with Crippen molar-refractivity contribution in [3.8, 4) is 0 Å². The van der Waals surface area contributed by atoms with Crippen LogP contribution >= 0.6 is 11.3 Å². The van der Waals surface area contributed by atoms with Crippen molar-refractivity contribution in [3.63, 3.8) is 0 Å². The zero-order chi connectivity index (χ0) is 22.7. The van der Waals surface area contributed by atoms with Crippen LogP contribution in [0.3, 0.4) is 0 Å². The molecule has 0 saturated heterocycles. The molecule has 0 unspecified atom stereocenters. The Kier molecular flexibility index (Phi) is 10.8. The molecule has 0 aliphatic heterocycles. The number of guanidine groups is 1. The van der Waals surface area contributed by atoms with Gasteiger partial charge in [0.1, 0.15) is 6.04 Å². The summed E-state index contributed by atoms with van der Waals surface area (Å²) >= 11 is 1.33. The van der Waals surface area contributed by atoms with Gasteiger partial charge in [-0.3, -0.25) is 15.0 Å². The number of nitro groups is 1. The highest BCUT2D eigenvalue weighted by Crippen LogP contribution is 2.09. The van der Waals surface area contributed by atoms with Gasteiger partial charge < -0.3 is 26.0 Å². The molecular weight excluding hydrogens is 415 g/mol. The maximum atomic E-state index is 12.7. The van der Waals surface area contributed by atoms with Crippen LogP contribution in [0.4, 0.5) is 0 Å². The van der Waals surface area contributed by atoms with Crippen LogP contribution in [0.5, 0.6) is 0 Å². The van der Waals surface area contributed by atoms with Crippen LogP contribution in [0.1, 0.15) is 43.5 Å². The Morgan fingerprint density at radius 1 is 1.33 bits per heavy atom. The van der Waals surface area contributed by atoms with Crippen molar-refractivity contribution in [3.05, 3.63) is 32.5 Å². The van der Waals surface area contributed by atoms with E-state index in [1.165, 1.54) is 11.3 Å². The van der Waals surface area contributed by atoms with Crippen LogP contribution in [-0.4, -0.2) is 58.5 Å². The number of rotatable bonds is 12. The molecule has 0 saturated carbocycles. The Balaban J connectivity index is 2.73. The first-order valence-corrected chi connectivity index (χ1v) is 10.3. The molecule has 14 heteroatoms. The van der Waals surface area contributed by atoms with E-state index >= 15 is 0 Å². The number of hydrogen-bond acceptors (Lipinski definition) is 8. The molecule has 166 valence electrons. The summed E-state index contributed by atoms with van der Waals surface area (Å²) in [6.07, 6.45) is 0.802. The zero-order valence-electron chi connectivity index (χ0n) is 16.8. The lowest BCUT2D eigenvalue weighted by molar-refractivity contribution is -0.525. The van der Waals surface area contributed by atoms with Gasteiger partial charge in [-0.15, -0.1) is 0 Å². The van der Waals surface area contributed by atoms with E-state index in [4.69, 9.17) is 5.41 Å². The van der Waals surface area contributed by atoms with E-state index in [2.05, 4.69) is 16.0 Å². The zero-order valence-corrected chi connectivity index (χ0v) is 17.6. The van der Waals surface area contributed by atoms with Crippen molar-refractivity contribution in [2.75, 3.05) is 6.54 Å². The molecule has 2 atom stereocenters. The predicted molar refractivity (Wildman–Crippen MR) is 112 cm³/mol. The van der Waals surface area contributed by atoms with Crippen LogP contribution in [0.15, 0.2) is 16.8 Å². The number of hydrogen-bond donors (Lipinski definition) is 7. The van der Waals surface area contributed by atoms with Crippen LogP contribution < -0.4 is 21.4 Å². The smallest absolute Gasteiger partial charge is 0.426 e. The highest BCUT2D eigenvalue weighted by atomic mass is 32.1. The minimum absolute atomic E-state index is 0.0975. The van der Waals surface area contributed by atoms with Gasteiger partial charge in [0.25, 0.3) is 11.9 Å². The molecule has 30 heavy (non-hydrogen) atoms. The molecule has 12 nitrogen and oxygen atoms in total. The molecule has 0 aromatic carbocycles. The second-order valence-electron chi connectivity index (χ2n) is 7.01. The first-order valence-electron chi connectivity index (χ1n) is 9.33. The lowest BCUT2D eigenvalue weighted by Crippen LogP contribution is -2.54. The summed E-state index contributed by atoms with van der Waals surface area (Å²) in [5.74, 6) is -2.31. The summed E-state index contributed by atoms with van der Waals surface area (Å²) in [6, 6.07) is 0.644. The minimum Gasteiger partial charge on any atom is -0.426 e. The van der Waals surface area contributed by atoms with Gasteiger partial charge >= 0.3 is 7.12 Å². The van der Waals surface area contributed by atoms with E-state index in [1.807, 2.05) is 13.8 Å². The third-order valence-corrected chi connectivity index (χ3v) is 4.68. The fourth-order valence-electron chi connectivity index (χ4n) is 2.60. The summed E-state index contributed by atoms with van der Waals surface area (Å²) in [7, 11) is -1.75. The van der Waals surface area contributed by atoms with Crippen LogP contribution in [0.25, 0.3) is 0 Å². The van der Waals surface area contributed by atoms with Crippen molar-refractivity contribution < 1.29 is 24.7 Å². The summed E-state index contributed by atoms with van der Waals surface area (Å²) in [4.78, 5) is 35.4. The maximum Gasteiger partial charge on any atom is 0.475 e. The summed E-state index contributed by atoms with van der Waals surface area (Å²) in [5.41, 5.74) is 2.05. The van der Waals surface area contributed by atoms with Crippen LogP contribution in [0.2, 0.25) is 0 Å². The topological polar surface area (TPSA) is 190 Å². The number of carbonyl (C=O) groups excluding carboxylic acids is 2. The highest BCUT2D eigenvalue weighted by Gasteiger charge is 2.29. The third-order valence-electron chi connectivity index (χ3n) is 3.99. The second kappa shape index (κ2) is 12.8. The normalized spacial score (nSPS) is 12.6. The molecule has 7 N–H and O–H groups in total. The molecule has 1 aromatic heterocycles. The highest BCUT2D eigenvalue weighted by molar-refractivity contribution is 7.08. The summed E-state index contributed by atoms with van der Waals surface area (Å²) in [6.45, 7) is 3.89. The third kappa shape index (κ3) is 9.67. The minimum atomic E-state index is -1.75. The Bertz CT molecular complexity index is 717. The molecule has 1 heterocycles. The first kappa shape index (κ1) is 25.3. The number of hydrazine groups is 1. The number of nitrogens with one attached hydrogen (secondary N) is 5. The van der Waals surface area contributed by atoms with Gasteiger partial charge in [-0.1, -0.05) is 19.3 Å². The van der Waals surface area contributed by atoms with Crippen molar-refractivity contribution in [2.24, 2.45) is 5.92 Å². The Morgan fingerprint density at radius 3 is 2.57 bits per heavy atom. The van der Waals surface area contributed by atoms with Gasteiger partial charge in [-0.2, -0.15) is 11.3 Å². The van der Waals surface area contributed by atoms with Crippen molar-refractivity contribution in [1.29, 1.82) is 5.41 Å². The molecule has 0 bridgehead atoms. The average molecular weight is 442 g/mol. The van der Waals surface area contributed by atoms with Gasteiger partial charge in [0.2, 0.25) is 5.91 Å². The Hall–Kier alpha value is -2.71. The molecule has 0 radical (unpaired) electrons. The SMILES string of the molecule is CC(C)C[C@H](NC(=O)[C@H](CCCNC(=N)N[N+](=O)[O-])NC(=O)c1ccsc1)B(O)O. The van der Waals surface area contributed by atoms with E-state index in [9.17, 15) is 29.8 Å². The van der Waals surface area contributed by atoms with E-state index in [0.717, 1.165) is 0 Å². The monoisotopic (exact) mass is 442 g/mol. The second-order valence-corrected chi connectivity index (χ2v) is 7.79. The molecule has 0 aliphatic carbocycles. The van der Waals surface area contributed by atoms with E-state index in [1.54, 1.807) is 22.3 Å². The molecule has 1 aromatic rings.